The van der Waals surface area contributed by atoms with Crippen molar-refractivity contribution >= 4 is 0 Å². The van der Waals surface area contributed by atoms with Gasteiger partial charge in [0.25, 0.3) is 0 Å². The zero-order chi connectivity index (χ0) is 8.60. The Balaban J connectivity index is 1.90. The van der Waals surface area contributed by atoms with Gasteiger partial charge < -0.3 is 10.6 Å². The van der Waals surface area contributed by atoms with Gasteiger partial charge in [-0.1, -0.05) is 6.92 Å². The van der Waals surface area contributed by atoms with Crippen molar-refractivity contribution in [2.24, 2.45) is 11.7 Å². The molecule has 0 bridgehead atoms. The predicted octanol–water partition coefficient (Wildman–Crippen LogP) is 1.21. The molecule has 1 saturated heterocycles. The lowest BCUT2D eigenvalue weighted by atomic mass is 9.68. The van der Waals surface area contributed by atoms with Gasteiger partial charge >= 0.3 is 0 Å². The smallest absolute Gasteiger partial charge is 0.0195 e. The molecule has 1 heterocycles. The van der Waals surface area contributed by atoms with Crippen LogP contribution in [0, 0.1) is 5.92 Å². The Morgan fingerprint density at radius 3 is 2.67 bits per heavy atom. The van der Waals surface area contributed by atoms with E-state index in [0.29, 0.717) is 0 Å². The topological polar surface area (TPSA) is 29.3 Å². The fraction of sp³-hybridized carbons (Fsp3) is 1.00. The van der Waals surface area contributed by atoms with Crippen molar-refractivity contribution in [2.45, 2.75) is 38.1 Å². The molecule has 1 aliphatic heterocycles. The normalized spacial score (nSPS) is 35.0. The van der Waals surface area contributed by atoms with Gasteiger partial charge in [0.1, 0.15) is 0 Å². The summed E-state index contributed by atoms with van der Waals surface area (Å²) in [6.07, 6.45) is 5.24. The van der Waals surface area contributed by atoms with Crippen LogP contribution in [0.15, 0.2) is 0 Å². The molecule has 1 aliphatic carbocycles. The van der Waals surface area contributed by atoms with Crippen LogP contribution in [0.2, 0.25) is 0 Å². The highest BCUT2D eigenvalue weighted by Crippen LogP contribution is 2.40. The maximum absolute atomic E-state index is 6.30. The van der Waals surface area contributed by atoms with E-state index in [1.54, 1.807) is 0 Å². The van der Waals surface area contributed by atoms with Crippen molar-refractivity contribution in [1.82, 2.24) is 4.90 Å². The number of nitrogens with zero attached hydrogens (tertiary/aromatic N) is 1. The minimum atomic E-state index is 0.240. The maximum Gasteiger partial charge on any atom is 0.0195 e. The van der Waals surface area contributed by atoms with Gasteiger partial charge in [0.2, 0.25) is 0 Å². The molecule has 12 heavy (non-hydrogen) atoms. The lowest BCUT2D eigenvalue weighted by Gasteiger charge is -2.43. The van der Waals surface area contributed by atoms with Gasteiger partial charge in [-0.25, -0.2) is 0 Å². The third kappa shape index (κ3) is 1.27. The van der Waals surface area contributed by atoms with Crippen LogP contribution in [-0.2, 0) is 0 Å². The van der Waals surface area contributed by atoms with Gasteiger partial charge in [0.05, 0.1) is 0 Å². The monoisotopic (exact) mass is 168 g/mol. The molecule has 0 aromatic carbocycles. The number of likely N-dealkylation sites (tertiary alicyclic amines) is 1. The molecule has 2 N–H and O–H groups in total. The molecule has 2 rings (SSSR count). The molecule has 2 nitrogen and oxygen atoms in total. The molecule has 0 amide bonds. The molecule has 0 spiro atoms. The zero-order valence-corrected chi connectivity index (χ0v) is 8.05. The first-order chi connectivity index (χ1) is 5.74. The van der Waals surface area contributed by atoms with E-state index in [-0.39, 0.29) is 5.54 Å². The van der Waals surface area contributed by atoms with Crippen LogP contribution in [0.4, 0.5) is 0 Å². The van der Waals surface area contributed by atoms with Crippen LogP contribution >= 0.6 is 0 Å². The SMILES string of the molecule is CCN1CCC(C2(N)CCC2)C1. The predicted molar refractivity (Wildman–Crippen MR) is 51.0 cm³/mol. The van der Waals surface area contributed by atoms with Crippen LogP contribution in [0.5, 0.6) is 0 Å². The summed E-state index contributed by atoms with van der Waals surface area (Å²) in [5.74, 6) is 0.797. The summed E-state index contributed by atoms with van der Waals surface area (Å²) >= 11 is 0. The fourth-order valence-corrected chi connectivity index (χ4v) is 2.58. The molecule has 1 atom stereocenters. The molecule has 0 aromatic rings. The van der Waals surface area contributed by atoms with Gasteiger partial charge in [-0.2, -0.15) is 0 Å². The highest BCUT2D eigenvalue weighted by Gasteiger charge is 2.42. The molecule has 2 aliphatic rings. The van der Waals surface area contributed by atoms with Crippen molar-refractivity contribution in [1.29, 1.82) is 0 Å². The van der Waals surface area contributed by atoms with Crippen LogP contribution in [0.1, 0.15) is 32.6 Å². The van der Waals surface area contributed by atoms with E-state index in [1.807, 2.05) is 0 Å². The average molecular weight is 168 g/mol. The quantitative estimate of drug-likeness (QED) is 0.671. The molecule has 0 aromatic heterocycles. The van der Waals surface area contributed by atoms with Crippen LogP contribution in [0.25, 0.3) is 0 Å². The van der Waals surface area contributed by atoms with E-state index in [4.69, 9.17) is 5.73 Å². The van der Waals surface area contributed by atoms with E-state index in [1.165, 1.54) is 45.3 Å². The zero-order valence-electron chi connectivity index (χ0n) is 8.05. The first-order valence-electron chi connectivity index (χ1n) is 5.26. The van der Waals surface area contributed by atoms with Crippen LogP contribution in [0.3, 0.4) is 0 Å². The largest absolute Gasteiger partial charge is 0.325 e. The number of hydrogen-bond acceptors (Lipinski definition) is 2. The molecule has 0 radical (unpaired) electrons. The second-order valence-electron chi connectivity index (χ2n) is 4.47. The summed E-state index contributed by atoms with van der Waals surface area (Å²) in [6.45, 7) is 5.98. The van der Waals surface area contributed by atoms with Crippen molar-refractivity contribution in [2.75, 3.05) is 19.6 Å². The summed E-state index contributed by atoms with van der Waals surface area (Å²) in [5.41, 5.74) is 6.54. The number of nitrogens with two attached hydrogens (primary N) is 1. The Labute approximate surface area is 75.1 Å². The standard InChI is InChI=1S/C10H20N2/c1-2-12-7-4-9(8-12)10(11)5-3-6-10/h9H,2-8,11H2,1H3. The van der Waals surface area contributed by atoms with Gasteiger partial charge in [0, 0.05) is 12.1 Å². The lowest BCUT2D eigenvalue weighted by molar-refractivity contribution is 0.153. The first-order valence-corrected chi connectivity index (χ1v) is 5.26. The van der Waals surface area contributed by atoms with Crippen molar-refractivity contribution in [3.63, 3.8) is 0 Å². The van der Waals surface area contributed by atoms with E-state index in [0.717, 1.165) is 5.92 Å². The number of hydrogen-bond donors (Lipinski definition) is 1. The Hall–Kier alpha value is -0.0800. The van der Waals surface area contributed by atoms with Crippen molar-refractivity contribution in [3.8, 4) is 0 Å². The summed E-state index contributed by atoms with van der Waals surface area (Å²) in [7, 11) is 0. The Bertz CT molecular complexity index is 163. The van der Waals surface area contributed by atoms with Crippen molar-refractivity contribution in [3.05, 3.63) is 0 Å². The molecular formula is C10H20N2. The summed E-state index contributed by atoms with van der Waals surface area (Å²) in [6, 6.07) is 0. The summed E-state index contributed by atoms with van der Waals surface area (Å²) < 4.78 is 0. The second-order valence-corrected chi connectivity index (χ2v) is 4.47. The molecule has 1 saturated carbocycles. The second kappa shape index (κ2) is 3.00. The Morgan fingerprint density at radius 2 is 2.25 bits per heavy atom. The molecule has 2 heteroatoms. The van der Waals surface area contributed by atoms with Crippen LogP contribution in [-0.4, -0.2) is 30.1 Å². The van der Waals surface area contributed by atoms with Gasteiger partial charge in [-0.15, -0.1) is 0 Å². The number of rotatable bonds is 2. The van der Waals surface area contributed by atoms with E-state index < -0.39 is 0 Å². The van der Waals surface area contributed by atoms with E-state index in [2.05, 4.69) is 11.8 Å². The highest BCUT2D eigenvalue weighted by molar-refractivity contribution is 5.01. The third-order valence-electron chi connectivity index (χ3n) is 3.82. The third-order valence-corrected chi connectivity index (χ3v) is 3.82. The minimum absolute atomic E-state index is 0.240. The molecule has 1 unspecified atom stereocenters. The first kappa shape index (κ1) is 8.52. The Kier molecular flexibility index (Phi) is 2.13. The minimum Gasteiger partial charge on any atom is -0.325 e. The fourth-order valence-electron chi connectivity index (χ4n) is 2.58. The van der Waals surface area contributed by atoms with Crippen LogP contribution < -0.4 is 5.73 Å². The summed E-state index contributed by atoms with van der Waals surface area (Å²) in [4.78, 5) is 2.53. The molecule has 70 valence electrons. The van der Waals surface area contributed by atoms with E-state index >= 15 is 0 Å². The van der Waals surface area contributed by atoms with Gasteiger partial charge in [-0.3, -0.25) is 0 Å². The van der Waals surface area contributed by atoms with Gasteiger partial charge in [-0.05, 0) is 44.7 Å². The lowest BCUT2D eigenvalue weighted by Crippen LogP contribution is -2.53. The summed E-state index contributed by atoms with van der Waals surface area (Å²) in [5, 5.41) is 0. The maximum atomic E-state index is 6.30. The highest BCUT2D eigenvalue weighted by atomic mass is 15.1. The van der Waals surface area contributed by atoms with Gasteiger partial charge in [0.15, 0.2) is 0 Å². The van der Waals surface area contributed by atoms with Crippen molar-refractivity contribution < 1.29 is 0 Å². The average Bonchev–Trinajstić information content (AvgIpc) is 2.48. The van der Waals surface area contributed by atoms with E-state index in [9.17, 15) is 0 Å². The molecular weight excluding hydrogens is 148 g/mol. The Morgan fingerprint density at radius 1 is 1.50 bits per heavy atom. The molecule has 2 fully saturated rings.